The van der Waals surface area contributed by atoms with Crippen molar-refractivity contribution in [2.75, 3.05) is 12.4 Å². The molecule has 14 heteroatoms. The number of aromatic nitrogens is 4. The summed E-state index contributed by atoms with van der Waals surface area (Å²) in [4.78, 5) is 38.2. The lowest BCUT2D eigenvalue weighted by Crippen LogP contribution is -2.52. The Morgan fingerprint density at radius 1 is 0.474 bits per heavy atom. The Kier molecular flexibility index (Phi) is 25.4. The third-order valence-corrected chi connectivity index (χ3v) is 31.6. The highest BCUT2D eigenvalue weighted by atomic mass is 79.9. The summed E-state index contributed by atoms with van der Waals surface area (Å²) in [6.07, 6.45) is 41.7. The van der Waals surface area contributed by atoms with Crippen molar-refractivity contribution < 1.29 is 34.8 Å². The van der Waals surface area contributed by atoms with Crippen LogP contribution in [0.4, 0.5) is 0 Å². The van der Waals surface area contributed by atoms with Crippen LogP contribution >= 0.6 is 15.9 Å². The van der Waals surface area contributed by atoms with Gasteiger partial charge in [-0.15, -0.1) is 0 Å². The highest BCUT2D eigenvalue weighted by Crippen LogP contribution is 2.71. The molecule has 24 atom stereocenters. The second-order valence-corrected chi connectivity index (χ2v) is 36.0. The molecule has 12 aliphatic carbocycles. The topological polar surface area (TPSA) is 226 Å². The molecule has 12 aliphatic rings. The van der Waals surface area contributed by atoms with E-state index in [1.807, 2.05) is 19.9 Å². The summed E-state index contributed by atoms with van der Waals surface area (Å²) in [7, 11) is 1.00. The molecule has 14 rings (SSSR count). The van der Waals surface area contributed by atoms with Gasteiger partial charge in [-0.25, -0.2) is 0 Å². The summed E-state index contributed by atoms with van der Waals surface area (Å²) in [5.74, 6) is 11.1. The number of aliphatic hydroxyl groups excluding tert-OH is 1. The van der Waals surface area contributed by atoms with Crippen molar-refractivity contribution in [1.82, 2.24) is 20.0 Å². The molecule has 2 aromatic rings. The molecule has 0 aromatic carbocycles. The van der Waals surface area contributed by atoms with E-state index in [4.69, 9.17) is 15.6 Å². The van der Waals surface area contributed by atoms with Crippen LogP contribution < -0.4 is 0 Å². The van der Waals surface area contributed by atoms with Gasteiger partial charge < -0.3 is 20.4 Å². The van der Waals surface area contributed by atoms with E-state index in [1.165, 1.54) is 128 Å². The Balaban J connectivity index is 0.000000187. The van der Waals surface area contributed by atoms with Gasteiger partial charge in [0, 0.05) is 37.3 Å². The van der Waals surface area contributed by atoms with Gasteiger partial charge in [0.25, 0.3) is 0 Å². The lowest BCUT2D eigenvalue weighted by molar-refractivity contribution is -0.134. The molecule has 0 spiro atoms. The number of halogens is 1. The molecule has 536 valence electrons. The first-order chi connectivity index (χ1) is 43.5. The molecule has 13 nitrogen and oxygen atoms in total. The molecule has 95 heavy (non-hydrogen) atoms. The maximum absolute atomic E-state index is 13.4. The quantitative estimate of drug-likeness (QED) is 0.171. The van der Waals surface area contributed by atoms with Crippen LogP contribution in [-0.2, 0) is 20.9 Å². The molecule has 0 amide bonds. The monoisotopic (exact) mass is 1380 g/mol. The molecule has 2 heterocycles. The number of hydrogen-bond donors (Lipinski definition) is 5. The molecule has 5 N–H and O–H groups in total. The average Bonchev–Trinajstić information content (AvgIpc) is 1.68. The van der Waals surface area contributed by atoms with Crippen LogP contribution in [0, 0.1) is 144 Å². The molecule has 0 aliphatic heterocycles. The number of carbonyl (C=O) groups excluding carboxylic acids is 3. The standard InChI is InChI=1S/C27H39N3O2.C23H37BrO2.C23H38O2.C4H3N3.CH4O.3CH4/c1-25(32)10-8-19-4-5-20-21-6-7-23(24(31)17-30-16-18(14-28)15-29-30)27(21,3)11-9-22(20)26(19,2)13-12-25;1-21(26)10-8-15-4-5-16-17-6-7-19(20(25)14-24)23(17,3)11-9-18(16)22(15,2)13-12-21;1-15(24)18-7-8-19-17-6-5-16-9-11-21(2,25)13-14-22(16,3)20(17)10-12-23(18,19)4;5-1-4-2-6-7-3-4;1-2;;;/h15-16,19-23,32H,4-13,17H2,1-3H3;15-19,26H,4-14H2,1-3H3;16-20,25H,5-14H2,1-4H3;2-3H,(H,6,7);2H,1H3;3*1H4/t19-,20-,21-,22-,23+,25+,26-,27-;15-,16-,17-,18-,19+,21+,22-,23-;16-,17-,18+,19-,20-,21+,22-,23+;;;;;/m000...../s1. The highest BCUT2D eigenvalue weighted by Gasteiger charge is 2.64. The van der Waals surface area contributed by atoms with Gasteiger partial charge in [-0.3, -0.25) is 24.2 Å². The molecule has 12 saturated carbocycles. The fraction of sp³-hybridized carbons (Fsp3) is 0.864. The fourth-order valence-electron chi connectivity index (χ4n) is 25.6. The lowest BCUT2D eigenvalue weighted by Gasteiger charge is -2.59. The van der Waals surface area contributed by atoms with Gasteiger partial charge >= 0.3 is 0 Å². The number of carbonyl (C=O) groups is 3. The molecular formula is C81H133BrN6O7. The first-order valence-electron chi connectivity index (χ1n) is 37.0. The molecule has 0 bridgehead atoms. The van der Waals surface area contributed by atoms with Gasteiger partial charge in [-0.05, 0) is 324 Å². The first kappa shape index (κ1) is 79.1. The Hall–Kier alpha value is -3.27. The van der Waals surface area contributed by atoms with Crippen molar-refractivity contribution in [3.05, 3.63) is 35.9 Å². The number of nitriles is 2. The van der Waals surface area contributed by atoms with E-state index in [-0.39, 0.29) is 56.9 Å². The van der Waals surface area contributed by atoms with Gasteiger partial charge in [0.15, 0.2) is 5.78 Å². The van der Waals surface area contributed by atoms with E-state index in [9.17, 15) is 29.7 Å². The van der Waals surface area contributed by atoms with Crippen molar-refractivity contribution in [2.24, 2.45) is 121 Å². The van der Waals surface area contributed by atoms with Crippen LogP contribution in [0.3, 0.4) is 0 Å². The molecule has 2 aromatic heterocycles. The zero-order valence-electron chi connectivity index (χ0n) is 58.7. The summed E-state index contributed by atoms with van der Waals surface area (Å²) < 4.78 is 1.65. The van der Waals surface area contributed by atoms with E-state index < -0.39 is 16.8 Å². The van der Waals surface area contributed by atoms with E-state index >= 15 is 0 Å². The zero-order chi connectivity index (χ0) is 66.6. The molecule has 0 radical (unpaired) electrons. The maximum atomic E-state index is 13.4. The van der Waals surface area contributed by atoms with E-state index in [2.05, 4.69) is 92.7 Å². The minimum atomic E-state index is -0.498. The van der Waals surface area contributed by atoms with Gasteiger partial charge in [-0.2, -0.15) is 20.7 Å². The zero-order valence-corrected chi connectivity index (χ0v) is 60.3. The van der Waals surface area contributed by atoms with Crippen molar-refractivity contribution in [3.63, 3.8) is 0 Å². The van der Waals surface area contributed by atoms with Crippen LogP contribution in [0.5, 0.6) is 0 Å². The van der Waals surface area contributed by atoms with Crippen LogP contribution in [0.1, 0.15) is 295 Å². The average molecular weight is 1380 g/mol. The second-order valence-electron chi connectivity index (χ2n) is 35.4. The first-order valence-corrected chi connectivity index (χ1v) is 38.2. The second kappa shape index (κ2) is 30.5. The van der Waals surface area contributed by atoms with Crippen LogP contribution in [0.2, 0.25) is 0 Å². The molecule has 0 saturated heterocycles. The van der Waals surface area contributed by atoms with Crippen molar-refractivity contribution >= 4 is 33.3 Å². The van der Waals surface area contributed by atoms with Crippen molar-refractivity contribution in [2.45, 2.75) is 307 Å². The van der Waals surface area contributed by atoms with Gasteiger partial charge in [0.05, 0.1) is 52.2 Å². The predicted molar refractivity (Wildman–Crippen MR) is 384 cm³/mol. The van der Waals surface area contributed by atoms with Crippen LogP contribution in [-0.4, -0.2) is 87.0 Å². The molecule has 0 unspecified atom stereocenters. The Morgan fingerprint density at radius 2 is 0.832 bits per heavy atom. The Bertz CT molecular complexity index is 2980. The van der Waals surface area contributed by atoms with E-state index in [1.54, 1.807) is 23.3 Å². The minimum absolute atomic E-state index is 0. The van der Waals surface area contributed by atoms with Crippen LogP contribution in [0.15, 0.2) is 24.8 Å². The van der Waals surface area contributed by atoms with Gasteiger partial charge in [-0.1, -0.05) is 79.8 Å². The third-order valence-electron chi connectivity index (χ3n) is 31.0. The van der Waals surface area contributed by atoms with Gasteiger partial charge in [0.2, 0.25) is 0 Å². The number of hydrogen-bond acceptors (Lipinski definition) is 11. The summed E-state index contributed by atoms with van der Waals surface area (Å²) >= 11 is 3.43. The number of Topliss-reactive ketones (excluding diaryl/α,β-unsaturated/α-hetero) is 3. The minimum Gasteiger partial charge on any atom is -0.400 e. The highest BCUT2D eigenvalue weighted by molar-refractivity contribution is 9.09. The number of fused-ring (bicyclic) bond motifs is 15. The fourth-order valence-corrected chi connectivity index (χ4v) is 25.9. The summed E-state index contributed by atoms with van der Waals surface area (Å²) in [6.45, 7) is 23.2. The number of aliphatic hydroxyl groups is 4. The number of alkyl halides is 1. The number of rotatable bonds is 6. The van der Waals surface area contributed by atoms with Crippen molar-refractivity contribution in [1.29, 1.82) is 10.5 Å². The molecular weight excluding hydrogens is 1250 g/mol. The normalized spacial score (nSPS) is 45.5. The third kappa shape index (κ3) is 15.1. The number of nitrogens with zero attached hydrogens (tertiary/aromatic N) is 5. The number of nitrogens with one attached hydrogen (secondary N) is 1. The lowest BCUT2D eigenvalue weighted by atomic mass is 9.46. The predicted octanol–water partition coefficient (Wildman–Crippen LogP) is 18.0. The number of ketones is 3. The maximum Gasteiger partial charge on any atom is 0.157 e. The Labute approximate surface area is 584 Å². The summed E-state index contributed by atoms with van der Waals surface area (Å²) in [5, 5.41) is 67.1. The Morgan fingerprint density at radius 3 is 1.16 bits per heavy atom. The smallest absolute Gasteiger partial charge is 0.157 e. The SMILES string of the molecule is C.C.C.CC(=O)[C@H]1CC[C@H]2[C@@H]3CC[C@H]4CC[C@@](C)(O)CC[C@]4(C)[C@H]3CC[C@]12C.CO.C[C@@]1(O)CC[C@@H]2CC[C@@H]3[C@H](CC[C@]4(C)[C@@H](C(=O)CBr)CC[C@@H]34)[C@@]2(C)CC1.C[C@@]1(O)CC[C@@H]2CC[C@@H]3[C@H](CC[C@]4(C)[C@@H](C(=O)Cn5cc(C#N)cn5)CC[C@@H]34)[C@@]2(C)CC1.N#Cc1cn[nH]c1. The summed E-state index contributed by atoms with van der Waals surface area (Å²) in [6, 6.07) is 4.01. The van der Waals surface area contributed by atoms with E-state index in [0.29, 0.717) is 61.9 Å². The summed E-state index contributed by atoms with van der Waals surface area (Å²) in [5.41, 5.74) is 1.45. The van der Waals surface area contributed by atoms with E-state index in [0.717, 1.165) is 143 Å². The number of H-pyrrole nitrogens is 1. The van der Waals surface area contributed by atoms with Crippen molar-refractivity contribution in [3.8, 4) is 12.1 Å². The largest absolute Gasteiger partial charge is 0.400 e. The van der Waals surface area contributed by atoms with Crippen LogP contribution in [0.25, 0.3) is 0 Å². The molecule has 12 fully saturated rings. The van der Waals surface area contributed by atoms with Gasteiger partial charge in [0.1, 0.15) is 23.7 Å². The number of aromatic amines is 1.